The van der Waals surface area contributed by atoms with Crippen LogP contribution in [0.25, 0.3) is 0 Å². The maximum Gasteiger partial charge on any atom is 0.243 e. The molecule has 118 valence electrons. The quantitative estimate of drug-likeness (QED) is 0.853. The molecule has 1 aliphatic rings. The second-order valence-corrected chi connectivity index (χ2v) is 7.75. The van der Waals surface area contributed by atoms with Gasteiger partial charge in [0.05, 0.1) is 12.0 Å². The van der Waals surface area contributed by atoms with Crippen molar-refractivity contribution < 1.29 is 13.2 Å². The zero-order valence-electron chi connectivity index (χ0n) is 13.3. The largest absolute Gasteiger partial charge is 0.496 e. The third-order valence-corrected chi connectivity index (χ3v) is 6.16. The Kier molecular flexibility index (Phi) is 4.60. The molecule has 2 rings (SSSR count). The number of likely N-dealkylation sites (N-methyl/N-ethyl adjacent to an activating group) is 1. The van der Waals surface area contributed by atoms with E-state index in [0.29, 0.717) is 23.7 Å². The third-order valence-electron chi connectivity index (χ3n) is 4.33. The summed E-state index contributed by atoms with van der Waals surface area (Å²) >= 11 is 0. The van der Waals surface area contributed by atoms with Gasteiger partial charge >= 0.3 is 0 Å². The van der Waals surface area contributed by atoms with Crippen LogP contribution < -0.4 is 4.74 Å². The Hall–Kier alpha value is -1.11. The fourth-order valence-corrected chi connectivity index (χ4v) is 4.40. The molecule has 1 aliphatic heterocycles. The molecule has 6 heteroatoms. The molecule has 1 fully saturated rings. The lowest BCUT2D eigenvalue weighted by Gasteiger charge is -2.41. The minimum atomic E-state index is -3.45. The van der Waals surface area contributed by atoms with Crippen molar-refractivity contribution >= 4 is 10.0 Å². The molecular formula is C15H24N2O3S. The predicted molar refractivity (Wildman–Crippen MR) is 83.2 cm³/mol. The van der Waals surface area contributed by atoms with Gasteiger partial charge < -0.3 is 4.74 Å². The highest BCUT2D eigenvalue weighted by molar-refractivity contribution is 7.89. The van der Waals surface area contributed by atoms with Crippen LogP contribution in [-0.2, 0) is 10.0 Å². The maximum absolute atomic E-state index is 12.8. The summed E-state index contributed by atoms with van der Waals surface area (Å²) in [6, 6.07) is 5.44. The molecule has 0 radical (unpaired) electrons. The van der Waals surface area contributed by atoms with Crippen LogP contribution in [0.3, 0.4) is 0 Å². The molecule has 0 N–H and O–H groups in total. The molecule has 1 aromatic rings. The smallest absolute Gasteiger partial charge is 0.243 e. The molecule has 0 aromatic heterocycles. The second-order valence-electron chi connectivity index (χ2n) is 5.82. The number of hydrogen-bond acceptors (Lipinski definition) is 4. The van der Waals surface area contributed by atoms with E-state index in [2.05, 4.69) is 18.7 Å². The first-order chi connectivity index (χ1) is 9.77. The monoisotopic (exact) mass is 312 g/mol. The average molecular weight is 312 g/mol. The Morgan fingerprint density at radius 1 is 1.19 bits per heavy atom. The summed E-state index contributed by atoms with van der Waals surface area (Å²) in [6.45, 7) is 7.00. The van der Waals surface area contributed by atoms with Crippen LogP contribution in [0.4, 0.5) is 0 Å². The second kappa shape index (κ2) is 5.94. The first-order valence-electron chi connectivity index (χ1n) is 7.14. The molecule has 0 amide bonds. The Balaban J connectivity index is 2.32. The van der Waals surface area contributed by atoms with Crippen LogP contribution in [0, 0.1) is 6.92 Å². The molecule has 0 bridgehead atoms. The van der Waals surface area contributed by atoms with Gasteiger partial charge in [0, 0.05) is 25.2 Å². The zero-order chi connectivity index (χ0) is 15.8. The van der Waals surface area contributed by atoms with E-state index in [9.17, 15) is 8.42 Å². The molecule has 1 heterocycles. The zero-order valence-corrected chi connectivity index (χ0v) is 14.1. The Morgan fingerprint density at radius 2 is 1.76 bits per heavy atom. The molecule has 0 saturated carbocycles. The SMILES string of the molecule is COc1ccc(S(=O)(=O)N2CC(C)N(C)C(C)C2)cc1C. The average Bonchev–Trinajstić information content (AvgIpc) is 2.44. The Bertz CT molecular complexity index is 603. The molecule has 0 spiro atoms. The van der Waals surface area contributed by atoms with Crippen molar-refractivity contribution in [2.45, 2.75) is 37.8 Å². The van der Waals surface area contributed by atoms with E-state index >= 15 is 0 Å². The number of ether oxygens (including phenoxy) is 1. The predicted octanol–water partition coefficient (Wildman–Crippen LogP) is 1.72. The fourth-order valence-electron chi connectivity index (χ4n) is 2.71. The summed E-state index contributed by atoms with van der Waals surface area (Å²) in [6.07, 6.45) is 0. The van der Waals surface area contributed by atoms with Crippen LogP contribution in [0.5, 0.6) is 5.75 Å². The lowest BCUT2D eigenvalue weighted by Crippen LogP contribution is -2.56. The molecule has 5 nitrogen and oxygen atoms in total. The highest BCUT2D eigenvalue weighted by atomic mass is 32.2. The first kappa shape index (κ1) is 16.3. The molecule has 1 saturated heterocycles. The van der Waals surface area contributed by atoms with E-state index in [1.807, 2.05) is 14.0 Å². The van der Waals surface area contributed by atoms with Crippen molar-refractivity contribution in [3.63, 3.8) is 0 Å². The molecule has 21 heavy (non-hydrogen) atoms. The van der Waals surface area contributed by atoms with Crippen molar-refractivity contribution in [1.82, 2.24) is 9.21 Å². The first-order valence-corrected chi connectivity index (χ1v) is 8.58. The van der Waals surface area contributed by atoms with Crippen molar-refractivity contribution in [2.75, 3.05) is 27.2 Å². The third kappa shape index (κ3) is 3.07. The van der Waals surface area contributed by atoms with Gasteiger partial charge in [-0.05, 0) is 51.6 Å². The number of methoxy groups -OCH3 is 1. The Labute approximate surface area is 127 Å². The number of aryl methyl sites for hydroxylation is 1. The van der Waals surface area contributed by atoms with Crippen molar-refractivity contribution in [2.24, 2.45) is 0 Å². The summed E-state index contributed by atoms with van der Waals surface area (Å²) in [5.41, 5.74) is 0.828. The van der Waals surface area contributed by atoms with E-state index in [0.717, 1.165) is 5.56 Å². The molecular weight excluding hydrogens is 288 g/mol. The van der Waals surface area contributed by atoms with Crippen molar-refractivity contribution in [1.29, 1.82) is 0 Å². The normalized spacial score (nSPS) is 25.0. The summed E-state index contributed by atoms with van der Waals surface area (Å²) in [7, 11) is 0.175. The minimum absolute atomic E-state index is 0.211. The fraction of sp³-hybridized carbons (Fsp3) is 0.600. The van der Waals surface area contributed by atoms with E-state index < -0.39 is 10.0 Å². The van der Waals surface area contributed by atoms with Crippen LogP contribution in [0.15, 0.2) is 23.1 Å². The van der Waals surface area contributed by atoms with E-state index in [1.54, 1.807) is 29.6 Å². The highest BCUT2D eigenvalue weighted by Crippen LogP contribution is 2.26. The summed E-state index contributed by atoms with van der Waals surface area (Å²) in [4.78, 5) is 2.55. The van der Waals surface area contributed by atoms with E-state index in [1.165, 1.54) is 0 Å². The number of benzene rings is 1. The van der Waals surface area contributed by atoms with Crippen molar-refractivity contribution in [3.8, 4) is 5.75 Å². The van der Waals surface area contributed by atoms with Gasteiger partial charge in [-0.3, -0.25) is 4.90 Å². The summed E-state index contributed by atoms with van der Waals surface area (Å²) < 4.78 is 32.4. The number of nitrogens with zero attached hydrogens (tertiary/aromatic N) is 2. The Morgan fingerprint density at radius 3 is 2.24 bits per heavy atom. The standard InChI is InChI=1S/C15H24N2O3S/c1-11-8-14(6-7-15(11)20-5)21(18,19)17-9-12(2)16(4)13(3)10-17/h6-8,12-13H,9-10H2,1-5H3. The number of sulfonamides is 1. The maximum atomic E-state index is 12.8. The molecule has 0 aliphatic carbocycles. The lowest BCUT2D eigenvalue weighted by atomic mass is 10.1. The van der Waals surface area contributed by atoms with Gasteiger partial charge in [0.1, 0.15) is 5.75 Å². The number of rotatable bonds is 3. The van der Waals surface area contributed by atoms with Gasteiger partial charge in [0.15, 0.2) is 0 Å². The highest BCUT2D eigenvalue weighted by Gasteiger charge is 2.34. The van der Waals surface area contributed by atoms with Gasteiger partial charge in [0.2, 0.25) is 10.0 Å². The van der Waals surface area contributed by atoms with E-state index in [-0.39, 0.29) is 12.1 Å². The van der Waals surface area contributed by atoms with Crippen molar-refractivity contribution in [3.05, 3.63) is 23.8 Å². The van der Waals surface area contributed by atoms with Crippen LogP contribution >= 0.6 is 0 Å². The molecule has 2 atom stereocenters. The summed E-state index contributed by atoms with van der Waals surface area (Å²) in [5.74, 6) is 0.703. The van der Waals surface area contributed by atoms with Crippen LogP contribution in [0.1, 0.15) is 19.4 Å². The number of piperazine rings is 1. The van der Waals surface area contributed by atoms with Crippen LogP contribution in [-0.4, -0.2) is 57.0 Å². The topological polar surface area (TPSA) is 49.9 Å². The molecule has 1 aromatic carbocycles. The van der Waals surface area contributed by atoms with Gasteiger partial charge in [-0.1, -0.05) is 0 Å². The number of hydrogen-bond donors (Lipinski definition) is 0. The summed E-state index contributed by atoms with van der Waals surface area (Å²) in [5, 5.41) is 0. The van der Waals surface area contributed by atoms with Gasteiger partial charge in [-0.2, -0.15) is 4.31 Å². The van der Waals surface area contributed by atoms with Crippen LogP contribution in [0.2, 0.25) is 0 Å². The van der Waals surface area contributed by atoms with E-state index in [4.69, 9.17) is 4.74 Å². The van der Waals surface area contributed by atoms with Gasteiger partial charge in [0.25, 0.3) is 0 Å². The molecule has 2 unspecified atom stereocenters. The minimum Gasteiger partial charge on any atom is -0.496 e. The lowest BCUT2D eigenvalue weighted by molar-refractivity contribution is 0.105. The van der Waals surface area contributed by atoms with Gasteiger partial charge in [-0.15, -0.1) is 0 Å². The van der Waals surface area contributed by atoms with Gasteiger partial charge in [-0.25, -0.2) is 8.42 Å².